The Morgan fingerprint density at radius 1 is 0.947 bits per heavy atom. The maximum atomic E-state index is 12.5. The van der Waals surface area contributed by atoms with Crippen LogP contribution in [0.1, 0.15) is 97.3 Å². The number of carbonyl (C=O) groups excluding carboxylic acids is 1. The van der Waals surface area contributed by atoms with Gasteiger partial charge in [0.15, 0.2) is 17.8 Å². The molecule has 1 amide bonds. The summed E-state index contributed by atoms with van der Waals surface area (Å²) >= 11 is 12.2. The van der Waals surface area contributed by atoms with Crippen molar-refractivity contribution in [1.82, 2.24) is 10.3 Å². The average molecular weight is 570 g/mol. The molecule has 3 rings (SSSR count). The fourth-order valence-electron chi connectivity index (χ4n) is 2.94. The van der Waals surface area contributed by atoms with Gasteiger partial charge in [0, 0.05) is 12.1 Å². The minimum Gasteiger partial charge on any atom is -0.496 e. The van der Waals surface area contributed by atoms with Crippen LogP contribution in [0, 0.1) is 6.92 Å². The Bertz CT molecular complexity index is 989. The Labute approximate surface area is 242 Å². The van der Waals surface area contributed by atoms with Crippen molar-refractivity contribution in [3.8, 4) is 17.1 Å². The van der Waals surface area contributed by atoms with Crippen molar-refractivity contribution < 1.29 is 13.9 Å². The van der Waals surface area contributed by atoms with Gasteiger partial charge in [-0.05, 0) is 55.2 Å². The van der Waals surface area contributed by atoms with Gasteiger partial charge in [-0.1, -0.05) is 105 Å². The molecule has 0 unspecified atom stereocenters. The zero-order valence-electron chi connectivity index (χ0n) is 25.6. The summed E-state index contributed by atoms with van der Waals surface area (Å²) in [5.74, 6) is 0.921. The maximum Gasteiger partial charge on any atom is 0.273 e. The lowest BCUT2D eigenvalue weighted by Gasteiger charge is -2.08. The van der Waals surface area contributed by atoms with Crippen LogP contribution < -0.4 is 10.1 Å². The molecule has 0 fully saturated rings. The molecule has 0 radical (unpaired) electrons. The Morgan fingerprint density at radius 3 is 2.11 bits per heavy atom. The van der Waals surface area contributed by atoms with E-state index in [0.29, 0.717) is 28.8 Å². The van der Waals surface area contributed by atoms with Crippen molar-refractivity contribution in [3.63, 3.8) is 0 Å². The molecule has 1 N–H and O–H groups in total. The highest BCUT2D eigenvalue weighted by Crippen LogP contribution is 2.28. The third-order valence-electron chi connectivity index (χ3n) is 4.38. The summed E-state index contributed by atoms with van der Waals surface area (Å²) in [5.41, 5.74) is 2.93. The minimum absolute atomic E-state index is 0.255. The zero-order chi connectivity index (χ0) is 30.1. The van der Waals surface area contributed by atoms with Gasteiger partial charge in [-0.15, -0.1) is 0 Å². The van der Waals surface area contributed by atoms with Gasteiger partial charge in [0.2, 0.25) is 0 Å². The summed E-state index contributed by atoms with van der Waals surface area (Å²) in [4.78, 5) is 16.6. The highest BCUT2D eigenvalue weighted by atomic mass is 35.5. The number of aromatic nitrogens is 1. The molecule has 216 valence electrons. The van der Waals surface area contributed by atoms with Crippen LogP contribution in [0.4, 0.5) is 0 Å². The van der Waals surface area contributed by atoms with Gasteiger partial charge in [-0.2, -0.15) is 0 Å². The van der Waals surface area contributed by atoms with Gasteiger partial charge in [0.05, 0.1) is 17.2 Å². The van der Waals surface area contributed by atoms with Crippen LogP contribution in [0.2, 0.25) is 10.0 Å². The van der Waals surface area contributed by atoms with Crippen molar-refractivity contribution in [2.75, 3.05) is 13.7 Å². The number of ether oxygens (including phenoxy) is 1. The van der Waals surface area contributed by atoms with Crippen molar-refractivity contribution >= 4 is 29.1 Å². The summed E-state index contributed by atoms with van der Waals surface area (Å²) in [6.07, 6.45) is 2.71. The van der Waals surface area contributed by atoms with Crippen molar-refractivity contribution in [2.24, 2.45) is 0 Å². The fourth-order valence-corrected chi connectivity index (χ4v) is 3.35. The number of halogens is 2. The topological polar surface area (TPSA) is 64.4 Å². The second-order valence-electron chi connectivity index (χ2n) is 6.29. The SMILES string of the molecule is CC.CC.CC.CC.CC.COc1ccc(-c2ocnc2C(=O)NCCCc2cccc(Cl)c2Cl)cc1C. The Balaban J connectivity index is -0.00000110. The predicted molar refractivity (Wildman–Crippen MR) is 167 cm³/mol. The third kappa shape index (κ3) is 13.3. The van der Waals surface area contributed by atoms with E-state index in [1.165, 1.54) is 6.39 Å². The molecular weight excluding hydrogens is 519 g/mol. The second kappa shape index (κ2) is 26.1. The Morgan fingerprint density at radius 2 is 1.55 bits per heavy atom. The number of benzene rings is 2. The molecule has 0 aliphatic heterocycles. The maximum absolute atomic E-state index is 12.5. The highest BCUT2D eigenvalue weighted by molar-refractivity contribution is 6.42. The van der Waals surface area contributed by atoms with E-state index in [9.17, 15) is 4.79 Å². The lowest BCUT2D eigenvalue weighted by Crippen LogP contribution is -2.25. The molecule has 5 nitrogen and oxygen atoms in total. The molecule has 7 heteroatoms. The largest absolute Gasteiger partial charge is 0.496 e. The zero-order valence-corrected chi connectivity index (χ0v) is 27.1. The number of nitrogens with one attached hydrogen (secondary N) is 1. The van der Waals surface area contributed by atoms with Crippen LogP contribution in [-0.4, -0.2) is 24.5 Å². The molecule has 0 saturated carbocycles. The fraction of sp³-hybridized carbons (Fsp3) is 0.484. The number of rotatable bonds is 7. The summed E-state index contributed by atoms with van der Waals surface area (Å²) in [6, 6.07) is 11.1. The van der Waals surface area contributed by atoms with Gasteiger partial charge in [-0.25, -0.2) is 4.98 Å². The molecule has 0 spiro atoms. The van der Waals surface area contributed by atoms with Crippen LogP contribution in [0.25, 0.3) is 11.3 Å². The molecule has 1 heterocycles. The van der Waals surface area contributed by atoms with Crippen LogP contribution >= 0.6 is 23.2 Å². The summed E-state index contributed by atoms with van der Waals surface area (Å²) in [6.45, 7) is 22.4. The normalized spacial score (nSPS) is 8.68. The molecule has 0 atom stereocenters. The highest BCUT2D eigenvalue weighted by Gasteiger charge is 2.18. The summed E-state index contributed by atoms with van der Waals surface area (Å²) < 4.78 is 10.7. The number of oxazole rings is 1. The van der Waals surface area contributed by atoms with E-state index in [4.69, 9.17) is 32.4 Å². The van der Waals surface area contributed by atoms with Crippen LogP contribution in [0.5, 0.6) is 5.75 Å². The monoisotopic (exact) mass is 568 g/mol. The number of methoxy groups -OCH3 is 1. The van der Waals surface area contributed by atoms with Crippen LogP contribution in [0.15, 0.2) is 47.2 Å². The minimum atomic E-state index is -0.283. The molecule has 0 aliphatic carbocycles. The van der Waals surface area contributed by atoms with E-state index in [-0.39, 0.29) is 11.6 Å². The standard InChI is InChI=1S/C21H20Cl2N2O3.5C2H6/c1-13-11-15(8-9-17(13)27-2)20-19(25-12-28-20)21(26)24-10-4-6-14-5-3-7-16(22)18(14)23;5*1-2/h3,5,7-9,11-12H,4,6,10H2,1-2H3,(H,24,26);5*1-2H3. The summed E-state index contributed by atoms with van der Waals surface area (Å²) in [7, 11) is 1.62. The van der Waals surface area contributed by atoms with Gasteiger partial charge < -0.3 is 14.5 Å². The smallest absolute Gasteiger partial charge is 0.273 e. The lowest BCUT2D eigenvalue weighted by molar-refractivity contribution is 0.0949. The number of hydrogen-bond acceptors (Lipinski definition) is 4. The third-order valence-corrected chi connectivity index (χ3v) is 5.24. The number of nitrogens with zero attached hydrogens (tertiary/aromatic N) is 1. The van der Waals surface area contributed by atoms with E-state index in [1.54, 1.807) is 13.2 Å². The van der Waals surface area contributed by atoms with Crippen molar-refractivity contribution in [1.29, 1.82) is 0 Å². The number of hydrogen-bond donors (Lipinski definition) is 1. The molecule has 1 aromatic heterocycles. The first-order valence-corrected chi connectivity index (χ1v) is 14.6. The molecule has 0 aliphatic rings. The quantitative estimate of drug-likeness (QED) is 0.288. The van der Waals surface area contributed by atoms with Gasteiger partial charge in [0.1, 0.15) is 5.75 Å². The number of carbonyl (C=O) groups is 1. The van der Waals surface area contributed by atoms with Crippen molar-refractivity contribution in [3.05, 3.63) is 69.7 Å². The first-order chi connectivity index (χ1) is 18.5. The van der Waals surface area contributed by atoms with E-state index in [2.05, 4.69) is 10.3 Å². The molecule has 0 saturated heterocycles. The van der Waals surface area contributed by atoms with Crippen LogP contribution in [-0.2, 0) is 6.42 Å². The van der Waals surface area contributed by atoms with Crippen molar-refractivity contribution in [2.45, 2.75) is 89.0 Å². The lowest BCUT2D eigenvalue weighted by atomic mass is 10.1. The van der Waals surface area contributed by atoms with E-state index >= 15 is 0 Å². The van der Waals surface area contributed by atoms with E-state index in [1.807, 2.05) is 106 Å². The molecule has 0 bridgehead atoms. The Kier molecular flexibility index (Phi) is 27.5. The summed E-state index contributed by atoms with van der Waals surface area (Å²) in [5, 5.41) is 3.97. The van der Waals surface area contributed by atoms with Gasteiger partial charge >= 0.3 is 0 Å². The number of aryl methyl sites for hydroxylation is 2. The van der Waals surface area contributed by atoms with E-state index in [0.717, 1.165) is 28.9 Å². The Hall–Kier alpha value is -2.50. The molecule has 2 aromatic carbocycles. The molecule has 3 aromatic rings. The first kappa shape index (κ1) is 40.0. The number of amides is 1. The van der Waals surface area contributed by atoms with Gasteiger partial charge in [-0.3, -0.25) is 4.79 Å². The van der Waals surface area contributed by atoms with Crippen LogP contribution in [0.3, 0.4) is 0 Å². The average Bonchev–Trinajstić information content (AvgIpc) is 3.49. The predicted octanol–water partition coefficient (Wildman–Crippen LogP) is 10.5. The van der Waals surface area contributed by atoms with E-state index < -0.39 is 0 Å². The van der Waals surface area contributed by atoms with Gasteiger partial charge in [0.25, 0.3) is 5.91 Å². The molecular formula is C31H50Cl2N2O3. The molecule has 38 heavy (non-hydrogen) atoms. The second-order valence-corrected chi connectivity index (χ2v) is 7.07. The first-order valence-electron chi connectivity index (χ1n) is 13.8.